The molecule has 0 spiro atoms. The van der Waals surface area contributed by atoms with Crippen LogP contribution < -0.4 is 0 Å². The number of ether oxygens (including phenoxy) is 1. The van der Waals surface area contributed by atoms with Gasteiger partial charge in [-0.05, 0) is 51.2 Å². The Kier molecular flexibility index (Phi) is 6.07. The van der Waals surface area contributed by atoms with Crippen molar-refractivity contribution in [3.63, 3.8) is 0 Å². The van der Waals surface area contributed by atoms with Crippen LogP contribution in [0.25, 0.3) is 0 Å². The lowest BCUT2D eigenvalue weighted by Gasteiger charge is -2.36. The van der Waals surface area contributed by atoms with E-state index in [2.05, 4.69) is 0 Å². The van der Waals surface area contributed by atoms with Crippen molar-refractivity contribution >= 4 is 12.1 Å². The van der Waals surface area contributed by atoms with E-state index in [9.17, 15) is 27.9 Å². The normalized spacial score (nSPS) is 19.5. The maximum Gasteiger partial charge on any atom is 0.416 e. The molecule has 0 aliphatic carbocycles. The van der Waals surface area contributed by atoms with Gasteiger partial charge in [0.15, 0.2) is 0 Å². The van der Waals surface area contributed by atoms with Crippen LogP contribution in [0.15, 0.2) is 24.3 Å². The molecule has 8 heteroatoms. The van der Waals surface area contributed by atoms with E-state index in [4.69, 9.17) is 4.74 Å². The largest absolute Gasteiger partial charge is 0.481 e. The first-order chi connectivity index (χ1) is 12.4. The van der Waals surface area contributed by atoms with Gasteiger partial charge >= 0.3 is 18.2 Å². The number of piperidine rings is 1. The van der Waals surface area contributed by atoms with E-state index in [-0.39, 0.29) is 12.1 Å². The van der Waals surface area contributed by atoms with Crippen LogP contribution in [0.3, 0.4) is 0 Å². The Hall–Kier alpha value is -2.25. The van der Waals surface area contributed by atoms with Crippen LogP contribution in [0.5, 0.6) is 0 Å². The summed E-state index contributed by atoms with van der Waals surface area (Å²) >= 11 is 0. The second-order valence-electron chi connectivity index (χ2n) is 7.77. The molecule has 1 aromatic rings. The Labute approximate surface area is 156 Å². The maximum absolute atomic E-state index is 13.0. The van der Waals surface area contributed by atoms with Crippen LogP contribution in [0.4, 0.5) is 18.0 Å². The van der Waals surface area contributed by atoms with Crippen molar-refractivity contribution in [2.45, 2.75) is 51.3 Å². The number of likely N-dealkylation sites (tertiary alicyclic amines) is 1. The lowest BCUT2D eigenvalue weighted by Crippen LogP contribution is -2.45. The van der Waals surface area contributed by atoms with Gasteiger partial charge in [0.1, 0.15) is 5.60 Å². The van der Waals surface area contributed by atoms with Gasteiger partial charge in [0, 0.05) is 13.1 Å². The summed E-state index contributed by atoms with van der Waals surface area (Å²) in [5.74, 6) is -2.82. The third kappa shape index (κ3) is 5.61. The van der Waals surface area contributed by atoms with Gasteiger partial charge < -0.3 is 14.7 Å². The summed E-state index contributed by atoms with van der Waals surface area (Å²) in [5, 5.41) is 9.67. The highest BCUT2D eigenvalue weighted by Crippen LogP contribution is 2.36. The van der Waals surface area contributed by atoms with Crippen LogP contribution in [0.1, 0.15) is 50.7 Å². The molecule has 2 atom stereocenters. The van der Waals surface area contributed by atoms with E-state index in [0.717, 1.165) is 12.1 Å². The zero-order chi connectivity index (χ0) is 20.4. The third-order valence-corrected chi connectivity index (χ3v) is 4.42. The van der Waals surface area contributed by atoms with Crippen molar-refractivity contribution in [1.82, 2.24) is 4.90 Å². The summed E-state index contributed by atoms with van der Waals surface area (Å²) in [5.41, 5.74) is -1.48. The maximum atomic E-state index is 13.0. The number of halogens is 3. The van der Waals surface area contributed by atoms with Gasteiger partial charge in [0.05, 0.1) is 11.5 Å². The number of carboxylic acids is 1. The number of nitrogens with zero attached hydrogens (tertiary/aromatic N) is 1. The summed E-state index contributed by atoms with van der Waals surface area (Å²) < 4.78 is 44.3. The number of aliphatic carboxylic acids is 1. The molecule has 0 aromatic heterocycles. The highest BCUT2D eigenvalue weighted by atomic mass is 19.4. The van der Waals surface area contributed by atoms with Gasteiger partial charge in [-0.1, -0.05) is 18.2 Å². The predicted molar refractivity (Wildman–Crippen MR) is 92.4 cm³/mol. The Bertz CT molecular complexity index is 697. The molecule has 0 radical (unpaired) electrons. The smallest absolute Gasteiger partial charge is 0.416 e. The number of carbonyl (C=O) groups is 2. The molecule has 2 rings (SSSR count). The van der Waals surface area contributed by atoms with Crippen molar-refractivity contribution in [2.24, 2.45) is 5.92 Å². The van der Waals surface area contributed by atoms with E-state index in [0.29, 0.717) is 19.4 Å². The zero-order valence-corrected chi connectivity index (χ0v) is 15.5. The molecule has 1 amide bonds. The first-order valence-corrected chi connectivity index (χ1v) is 8.76. The molecule has 5 nitrogen and oxygen atoms in total. The molecule has 1 heterocycles. The van der Waals surface area contributed by atoms with Crippen LogP contribution in [0, 0.1) is 5.92 Å². The van der Waals surface area contributed by atoms with E-state index < -0.39 is 41.2 Å². The van der Waals surface area contributed by atoms with E-state index in [1.54, 1.807) is 20.8 Å². The molecule has 0 bridgehead atoms. The molecule has 0 saturated carbocycles. The second-order valence-corrected chi connectivity index (χ2v) is 7.77. The first kappa shape index (κ1) is 21.1. The third-order valence-electron chi connectivity index (χ3n) is 4.42. The van der Waals surface area contributed by atoms with Crippen LogP contribution in [0.2, 0.25) is 0 Å². The van der Waals surface area contributed by atoms with E-state index in [1.807, 2.05) is 0 Å². The van der Waals surface area contributed by atoms with E-state index >= 15 is 0 Å². The van der Waals surface area contributed by atoms with Gasteiger partial charge in [0.25, 0.3) is 0 Å². The molecule has 27 heavy (non-hydrogen) atoms. The minimum atomic E-state index is -4.55. The average Bonchev–Trinajstić information content (AvgIpc) is 2.53. The molecule has 150 valence electrons. The molecular weight excluding hydrogens is 363 g/mol. The predicted octanol–water partition coefficient (Wildman–Crippen LogP) is 4.52. The highest BCUT2D eigenvalue weighted by molar-refractivity contribution is 5.77. The van der Waals surface area contributed by atoms with Crippen molar-refractivity contribution in [3.8, 4) is 0 Å². The quantitative estimate of drug-likeness (QED) is 0.828. The standard InChI is InChI=1S/C19H24F3NO4/c1-18(2,3)27-17(26)23-9-5-7-13(11-23)15(16(24)25)12-6-4-8-14(10-12)19(20,21)22/h4,6,8,10,13,15H,5,7,9,11H2,1-3H3,(H,24,25). The average molecular weight is 387 g/mol. The molecule has 2 unspecified atom stereocenters. The molecular formula is C19H24F3NO4. The summed E-state index contributed by atoms with van der Waals surface area (Å²) in [4.78, 5) is 25.6. The van der Waals surface area contributed by atoms with Crippen molar-refractivity contribution in [3.05, 3.63) is 35.4 Å². The van der Waals surface area contributed by atoms with Gasteiger partial charge in [-0.25, -0.2) is 4.79 Å². The lowest BCUT2D eigenvalue weighted by atomic mass is 9.80. The van der Waals surface area contributed by atoms with E-state index in [1.165, 1.54) is 17.0 Å². The summed E-state index contributed by atoms with van der Waals surface area (Å²) in [6, 6.07) is 4.39. The number of amides is 1. The zero-order valence-electron chi connectivity index (χ0n) is 15.5. The topological polar surface area (TPSA) is 66.8 Å². The van der Waals surface area contributed by atoms with Gasteiger partial charge in [0.2, 0.25) is 0 Å². The SMILES string of the molecule is CC(C)(C)OC(=O)N1CCCC(C(C(=O)O)c2cccc(C(F)(F)F)c2)C1. The summed E-state index contributed by atoms with van der Waals surface area (Å²) in [6.45, 7) is 5.75. The second kappa shape index (κ2) is 7.78. The van der Waals surface area contributed by atoms with Gasteiger partial charge in [-0.15, -0.1) is 0 Å². The Morgan fingerprint density at radius 3 is 2.48 bits per heavy atom. The van der Waals surface area contributed by atoms with Crippen LogP contribution >= 0.6 is 0 Å². The van der Waals surface area contributed by atoms with Gasteiger partial charge in [-0.3, -0.25) is 4.79 Å². The van der Waals surface area contributed by atoms with Gasteiger partial charge in [-0.2, -0.15) is 13.2 Å². The molecule has 1 aliphatic heterocycles. The molecule has 1 aliphatic rings. The fourth-order valence-electron chi connectivity index (χ4n) is 3.30. The fourth-order valence-corrected chi connectivity index (χ4v) is 3.30. The molecule has 1 aromatic carbocycles. The molecule has 1 saturated heterocycles. The number of carboxylic acid groups (broad SMARTS) is 1. The monoisotopic (exact) mass is 387 g/mol. The van der Waals surface area contributed by atoms with Crippen molar-refractivity contribution in [2.75, 3.05) is 13.1 Å². The van der Waals surface area contributed by atoms with Crippen molar-refractivity contribution < 1.29 is 32.6 Å². The Balaban J connectivity index is 2.24. The molecule has 1 fully saturated rings. The number of alkyl halides is 3. The number of hydrogen-bond donors (Lipinski definition) is 1. The number of hydrogen-bond acceptors (Lipinski definition) is 3. The number of benzene rings is 1. The Morgan fingerprint density at radius 1 is 1.26 bits per heavy atom. The molecule has 1 N–H and O–H groups in total. The van der Waals surface area contributed by atoms with Crippen LogP contribution in [-0.2, 0) is 15.7 Å². The lowest BCUT2D eigenvalue weighted by molar-refractivity contribution is -0.141. The van der Waals surface area contributed by atoms with Crippen LogP contribution in [-0.4, -0.2) is 40.8 Å². The number of carbonyl (C=O) groups excluding carboxylic acids is 1. The summed E-state index contributed by atoms with van der Waals surface area (Å²) in [6.07, 6.45) is -4.02. The number of rotatable bonds is 3. The highest BCUT2D eigenvalue weighted by Gasteiger charge is 2.37. The van der Waals surface area contributed by atoms with Crippen molar-refractivity contribution in [1.29, 1.82) is 0 Å². The minimum Gasteiger partial charge on any atom is -0.481 e. The minimum absolute atomic E-state index is 0.0911. The fraction of sp³-hybridized carbons (Fsp3) is 0.579. The Morgan fingerprint density at radius 2 is 1.93 bits per heavy atom. The first-order valence-electron chi connectivity index (χ1n) is 8.76. The summed E-state index contributed by atoms with van der Waals surface area (Å²) in [7, 11) is 0.